The summed E-state index contributed by atoms with van der Waals surface area (Å²) in [4.78, 5) is 2.40. The van der Waals surface area contributed by atoms with E-state index in [1.165, 1.54) is 9.35 Å². The van der Waals surface area contributed by atoms with Gasteiger partial charge in [0, 0.05) is 24.7 Å². The van der Waals surface area contributed by atoms with Gasteiger partial charge in [-0.05, 0) is 67.2 Å². The fourth-order valence-electron chi connectivity index (χ4n) is 1.58. The van der Waals surface area contributed by atoms with Crippen molar-refractivity contribution in [1.82, 2.24) is 10.2 Å². The molecule has 1 heterocycles. The summed E-state index contributed by atoms with van der Waals surface area (Å²) < 4.78 is 1.21. The quantitative estimate of drug-likeness (QED) is 0.808. The van der Waals surface area contributed by atoms with Crippen LogP contribution in [-0.4, -0.2) is 30.1 Å². The second-order valence-electron chi connectivity index (χ2n) is 5.64. The van der Waals surface area contributed by atoms with Gasteiger partial charge in [-0.1, -0.05) is 6.92 Å². The van der Waals surface area contributed by atoms with E-state index in [-0.39, 0.29) is 5.54 Å². The van der Waals surface area contributed by atoms with Gasteiger partial charge < -0.3 is 5.32 Å². The van der Waals surface area contributed by atoms with E-state index in [4.69, 9.17) is 0 Å². The van der Waals surface area contributed by atoms with Crippen molar-refractivity contribution in [2.45, 2.75) is 52.2 Å². The van der Waals surface area contributed by atoms with E-state index in [0.29, 0.717) is 6.04 Å². The Morgan fingerprint density at radius 2 is 2.17 bits per heavy atom. The van der Waals surface area contributed by atoms with Gasteiger partial charge in [0.15, 0.2) is 0 Å². The molecule has 0 aliphatic rings. The number of nitrogens with one attached hydrogen (secondary N) is 1. The van der Waals surface area contributed by atoms with E-state index in [9.17, 15) is 0 Å². The van der Waals surface area contributed by atoms with Gasteiger partial charge in [0.05, 0.1) is 3.79 Å². The predicted molar refractivity (Wildman–Crippen MR) is 85.3 cm³/mol. The molecule has 1 atom stereocenters. The van der Waals surface area contributed by atoms with Crippen molar-refractivity contribution in [1.29, 1.82) is 0 Å². The van der Waals surface area contributed by atoms with Crippen LogP contribution in [0.25, 0.3) is 0 Å². The van der Waals surface area contributed by atoms with E-state index in [1.54, 1.807) is 11.3 Å². The molecule has 1 aromatic heterocycles. The molecule has 1 aromatic rings. The second-order valence-corrected chi connectivity index (χ2v) is 7.93. The fraction of sp³-hybridized carbons (Fsp3) is 0.714. The van der Waals surface area contributed by atoms with E-state index < -0.39 is 0 Å². The number of thiophene rings is 1. The number of hydrogen-bond acceptors (Lipinski definition) is 3. The van der Waals surface area contributed by atoms with Crippen molar-refractivity contribution in [3.05, 3.63) is 20.8 Å². The lowest BCUT2D eigenvalue weighted by atomic mass is 10.0. The van der Waals surface area contributed by atoms with Gasteiger partial charge in [-0.25, -0.2) is 0 Å². The molecule has 0 amide bonds. The number of nitrogens with zero attached hydrogens (tertiary/aromatic N) is 1. The second kappa shape index (κ2) is 7.04. The molecule has 0 aliphatic heterocycles. The molecule has 18 heavy (non-hydrogen) atoms. The van der Waals surface area contributed by atoms with Gasteiger partial charge in [0.1, 0.15) is 0 Å². The van der Waals surface area contributed by atoms with Crippen LogP contribution in [0.5, 0.6) is 0 Å². The maximum absolute atomic E-state index is 3.63. The van der Waals surface area contributed by atoms with Crippen LogP contribution in [0.15, 0.2) is 15.2 Å². The fourth-order valence-corrected chi connectivity index (χ4v) is 2.78. The highest BCUT2D eigenvalue weighted by molar-refractivity contribution is 9.11. The highest BCUT2D eigenvalue weighted by Crippen LogP contribution is 2.21. The summed E-state index contributed by atoms with van der Waals surface area (Å²) in [7, 11) is 2.19. The largest absolute Gasteiger partial charge is 0.310 e. The normalized spacial score (nSPS) is 14.2. The van der Waals surface area contributed by atoms with E-state index in [1.807, 2.05) is 0 Å². The molecular formula is C14H25BrN2S. The van der Waals surface area contributed by atoms with Gasteiger partial charge in [0.25, 0.3) is 0 Å². The highest BCUT2D eigenvalue weighted by atomic mass is 79.9. The Bertz CT molecular complexity index is 362. The number of rotatable bonds is 7. The molecule has 0 spiro atoms. The van der Waals surface area contributed by atoms with Crippen LogP contribution in [0.3, 0.4) is 0 Å². The van der Waals surface area contributed by atoms with Gasteiger partial charge in [-0.3, -0.25) is 4.90 Å². The van der Waals surface area contributed by atoms with E-state index in [0.717, 1.165) is 19.5 Å². The first-order valence-electron chi connectivity index (χ1n) is 6.52. The molecule has 0 aliphatic carbocycles. The first-order valence-corrected chi connectivity index (χ1v) is 8.19. The van der Waals surface area contributed by atoms with E-state index in [2.05, 4.69) is 72.3 Å². The summed E-state index contributed by atoms with van der Waals surface area (Å²) in [6.07, 6.45) is 1.15. The van der Waals surface area contributed by atoms with Crippen LogP contribution in [0.2, 0.25) is 0 Å². The average Bonchev–Trinajstić information content (AvgIpc) is 2.71. The predicted octanol–water partition coefficient (Wildman–Crippen LogP) is 4.11. The molecule has 0 bridgehead atoms. The number of hydrogen-bond donors (Lipinski definition) is 1. The summed E-state index contributed by atoms with van der Waals surface area (Å²) in [5.74, 6) is 0. The van der Waals surface area contributed by atoms with Crippen molar-refractivity contribution in [3.63, 3.8) is 0 Å². The summed E-state index contributed by atoms with van der Waals surface area (Å²) in [5.41, 5.74) is 1.62. The molecular weight excluding hydrogens is 308 g/mol. The summed E-state index contributed by atoms with van der Waals surface area (Å²) in [6, 6.07) is 2.74. The molecule has 1 N–H and O–H groups in total. The Balaban J connectivity index is 2.39. The average molecular weight is 333 g/mol. The van der Waals surface area contributed by atoms with Crippen LogP contribution in [0, 0.1) is 0 Å². The van der Waals surface area contributed by atoms with Gasteiger partial charge in [-0.2, -0.15) is 0 Å². The van der Waals surface area contributed by atoms with Crippen LogP contribution in [-0.2, 0) is 6.54 Å². The summed E-state index contributed by atoms with van der Waals surface area (Å²) >= 11 is 5.27. The van der Waals surface area contributed by atoms with Crippen molar-refractivity contribution < 1.29 is 0 Å². The molecule has 2 nitrogen and oxygen atoms in total. The Labute approximate surface area is 124 Å². The van der Waals surface area contributed by atoms with Crippen molar-refractivity contribution in [3.8, 4) is 0 Å². The van der Waals surface area contributed by atoms with E-state index >= 15 is 0 Å². The molecule has 4 heteroatoms. The van der Waals surface area contributed by atoms with Crippen LogP contribution >= 0.6 is 27.3 Å². The molecule has 0 saturated heterocycles. The number of likely N-dealkylation sites (N-methyl/N-ethyl adjacent to an activating group) is 1. The molecule has 1 unspecified atom stereocenters. The van der Waals surface area contributed by atoms with Crippen molar-refractivity contribution in [2.24, 2.45) is 0 Å². The molecule has 0 saturated carbocycles. The smallest absolute Gasteiger partial charge is 0.0701 e. The summed E-state index contributed by atoms with van der Waals surface area (Å²) in [6.45, 7) is 11.1. The van der Waals surface area contributed by atoms with Crippen molar-refractivity contribution in [2.75, 3.05) is 13.6 Å². The minimum Gasteiger partial charge on any atom is -0.310 e. The molecule has 0 aromatic carbocycles. The first-order chi connectivity index (χ1) is 8.34. The van der Waals surface area contributed by atoms with Gasteiger partial charge in [0.2, 0.25) is 0 Å². The summed E-state index contributed by atoms with van der Waals surface area (Å²) in [5, 5.41) is 5.85. The number of halogens is 1. The Kier molecular flexibility index (Phi) is 6.31. The molecule has 0 fully saturated rings. The third kappa shape index (κ3) is 5.39. The van der Waals surface area contributed by atoms with Gasteiger partial charge >= 0.3 is 0 Å². The topological polar surface area (TPSA) is 15.3 Å². The Hall–Kier alpha value is 0.100. The first kappa shape index (κ1) is 16.2. The maximum atomic E-state index is 3.63. The monoisotopic (exact) mass is 332 g/mol. The zero-order valence-corrected chi connectivity index (χ0v) is 14.5. The standard InChI is InChI=1S/C14H25BrN2S/c1-6-14(3,4)16-8-11(2)17(5)9-12-7-13(15)18-10-12/h7,10-11,16H,6,8-9H2,1-5H3. The highest BCUT2D eigenvalue weighted by Gasteiger charge is 2.17. The lowest BCUT2D eigenvalue weighted by Gasteiger charge is -2.30. The SMILES string of the molecule is CCC(C)(C)NCC(C)N(C)Cc1csc(Br)c1. The van der Waals surface area contributed by atoms with Crippen LogP contribution in [0.4, 0.5) is 0 Å². The third-order valence-corrected chi connectivity index (χ3v) is 5.12. The minimum absolute atomic E-state index is 0.237. The zero-order valence-electron chi connectivity index (χ0n) is 12.1. The van der Waals surface area contributed by atoms with Gasteiger partial charge in [-0.15, -0.1) is 11.3 Å². The van der Waals surface area contributed by atoms with Crippen molar-refractivity contribution >= 4 is 27.3 Å². The molecule has 104 valence electrons. The van der Waals surface area contributed by atoms with Crippen LogP contribution < -0.4 is 5.32 Å². The Morgan fingerprint density at radius 3 is 2.67 bits per heavy atom. The zero-order chi connectivity index (χ0) is 13.8. The molecule has 1 rings (SSSR count). The maximum Gasteiger partial charge on any atom is 0.0701 e. The molecule has 0 radical (unpaired) electrons. The lowest BCUT2D eigenvalue weighted by Crippen LogP contribution is -2.46. The minimum atomic E-state index is 0.237. The van der Waals surface area contributed by atoms with Crippen LogP contribution in [0.1, 0.15) is 39.7 Å². The third-order valence-electron chi connectivity index (χ3n) is 3.57. The Morgan fingerprint density at radius 1 is 1.50 bits per heavy atom. The lowest BCUT2D eigenvalue weighted by molar-refractivity contribution is 0.223.